The predicted molar refractivity (Wildman–Crippen MR) is 118 cm³/mol. The molecule has 1 aliphatic heterocycles. The number of ketones is 1. The zero-order valence-electron chi connectivity index (χ0n) is 17.1. The molecule has 3 heterocycles. The molecule has 1 aromatic carbocycles. The number of carbonyl (C=O) groups is 3. The van der Waals surface area contributed by atoms with E-state index >= 15 is 0 Å². The Hall–Kier alpha value is -2.78. The standard InChI is InChI=1S/C22H20ClF2N3O3S/c1-12(29)15-10-27(17-5-6-32-21(15)17)11-19(30)28-9-14(24)7-18(28)22(31)26-8-13-3-2-4-16(23)20(13)25/h2-6,10,14,18H,7-9,11H2,1H3,(H,26,31)/t14-,18+/m1/s1. The van der Waals surface area contributed by atoms with Crippen LogP contribution in [0.1, 0.15) is 29.3 Å². The first-order chi connectivity index (χ1) is 15.3. The Bertz CT molecular complexity index is 1210. The minimum Gasteiger partial charge on any atom is -0.350 e. The van der Waals surface area contributed by atoms with Gasteiger partial charge < -0.3 is 14.8 Å². The number of carbonyl (C=O) groups excluding carboxylic acids is 3. The van der Waals surface area contributed by atoms with Crippen molar-refractivity contribution in [3.63, 3.8) is 0 Å². The normalized spacial score (nSPS) is 18.3. The number of fused-ring (bicyclic) bond motifs is 1. The Kier molecular flexibility index (Phi) is 6.30. The minimum absolute atomic E-state index is 0.0605. The molecule has 0 saturated carbocycles. The lowest BCUT2D eigenvalue weighted by atomic mass is 10.1. The zero-order chi connectivity index (χ0) is 23.0. The van der Waals surface area contributed by atoms with Crippen molar-refractivity contribution in [1.29, 1.82) is 0 Å². The second-order valence-corrected chi connectivity index (χ2v) is 9.01. The first-order valence-corrected chi connectivity index (χ1v) is 11.2. The number of alkyl halides is 1. The van der Waals surface area contributed by atoms with Crippen LogP contribution in [0.4, 0.5) is 8.78 Å². The van der Waals surface area contributed by atoms with Gasteiger partial charge in [0.25, 0.3) is 0 Å². The van der Waals surface area contributed by atoms with E-state index in [2.05, 4.69) is 5.32 Å². The van der Waals surface area contributed by atoms with Crippen LogP contribution in [0.25, 0.3) is 10.2 Å². The maximum absolute atomic E-state index is 14.2. The van der Waals surface area contributed by atoms with Crippen LogP contribution >= 0.6 is 22.9 Å². The molecule has 3 aromatic rings. The molecule has 2 aromatic heterocycles. The third-order valence-corrected chi connectivity index (χ3v) is 6.75. The molecule has 0 bridgehead atoms. The number of aromatic nitrogens is 1. The van der Waals surface area contributed by atoms with E-state index in [1.54, 1.807) is 16.8 Å². The third-order valence-electron chi connectivity index (χ3n) is 5.53. The van der Waals surface area contributed by atoms with Crippen molar-refractivity contribution in [2.45, 2.75) is 38.6 Å². The molecule has 1 aliphatic rings. The van der Waals surface area contributed by atoms with Crippen molar-refractivity contribution in [2.24, 2.45) is 0 Å². The van der Waals surface area contributed by atoms with Gasteiger partial charge in [-0.2, -0.15) is 0 Å². The van der Waals surface area contributed by atoms with Crippen molar-refractivity contribution < 1.29 is 23.2 Å². The van der Waals surface area contributed by atoms with Gasteiger partial charge in [0, 0.05) is 24.7 Å². The number of nitrogens with zero attached hydrogens (tertiary/aromatic N) is 2. The quantitative estimate of drug-likeness (QED) is 0.544. The van der Waals surface area contributed by atoms with Gasteiger partial charge in [0.05, 0.1) is 27.3 Å². The third kappa shape index (κ3) is 4.27. The molecule has 1 saturated heterocycles. The van der Waals surface area contributed by atoms with Crippen LogP contribution in [-0.4, -0.2) is 45.8 Å². The van der Waals surface area contributed by atoms with Gasteiger partial charge >= 0.3 is 0 Å². The zero-order valence-corrected chi connectivity index (χ0v) is 18.7. The largest absolute Gasteiger partial charge is 0.350 e. The summed E-state index contributed by atoms with van der Waals surface area (Å²) in [4.78, 5) is 38.8. The lowest BCUT2D eigenvalue weighted by molar-refractivity contribution is -0.139. The highest BCUT2D eigenvalue weighted by Gasteiger charge is 2.39. The molecule has 2 atom stereocenters. The first-order valence-electron chi connectivity index (χ1n) is 9.97. The Morgan fingerprint density at radius 3 is 2.81 bits per heavy atom. The van der Waals surface area contributed by atoms with E-state index in [4.69, 9.17) is 11.6 Å². The van der Waals surface area contributed by atoms with Crippen molar-refractivity contribution in [3.8, 4) is 0 Å². The highest BCUT2D eigenvalue weighted by atomic mass is 35.5. The smallest absolute Gasteiger partial charge is 0.243 e. The molecular weight excluding hydrogens is 460 g/mol. The molecule has 0 aliphatic carbocycles. The van der Waals surface area contributed by atoms with E-state index in [1.165, 1.54) is 35.3 Å². The molecule has 32 heavy (non-hydrogen) atoms. The summed E-state index contributed by atoms with van der Waals surface area (Å²) in [5, 5.41) is 4.34. The molecule has 1 N–H and O–H groups in total. The van der Waals surface area contributed by atoms with Gasteiger partial charge in [0.15, 0.2) is 5.78 Å². The van der Waals surface area contributed by atoms with Crippen LogP contribution in [0, 0.1) is 5.82 Å². The predicted octanol–water partition coefficient (Wildman–Crippen LogP) is 3.95. The Morgan fingerprint density at radius 1 is 1.28 bits per heavy atom. The van der Waals surface area contributed by atoms with Crippen LogP contribution in [0.3, 0.4) is 0 Å². The Morgan fingerprint density at radius 2 is 2.06 bits per heavy atom. The number of Topliss-reactive ketones (excluding diaryl/α,β-unsaturated/α-hetero) is 1. The molecule has 2 amide bonds. The summed E-state index contributed by atoms with van der Waals surface area (Å²) >= 11 is 7.16. The molecule has 0 spiro atoms. The van der Waals surface area contributed by atoms with Gasteiger partial charge in [0.1, 0.15) is 24.6 Å². The van der Waals surface area contributed by atoms with Gasteiger partial charge in [-0.15, -0.1) is 11.3 Å². The summed E-state index contributed by atoms with van der Waals surface area (Å²) in [7, 11) is 0. The highest BCUT2D eigenvalue weighted by Crippen LogP contribution is 2.28. The van der Waals surface area contributed by atoms with Gasteiger partial charge in [-0.3, -0.25) is 14.4 Å². The average Bonchev–Trinajstić information content (AvgIpc) is 3.45. The van der Waals surface area contributed by atoms with Crippen molar-refractivity contribution in [2.75, 3.05) is 6.54 Å². The Balaban J connectivity index is 1.48. The van der Waals surface area contributed by atoms with Crippen molar-refractivity contribution in [3.05, 3.63) is 57.8 Å². The lowest BCUT2D eigenvalue weighted by Crippen LogP contribution is -2.46. The van der Waals surface area contributed by atoms with Gasteiger partial charge in [-0.1, -0.05) is 23.7 Å². The summed E-state index contributed by atoms with van der Waals surface area (Å²) in [6, 6.07) is 5.26. The number of halogens is 3. The average molecular weight is 480 g/mol. The van der Waals surface area contributed by atoms with E-state index in [1.807, 2.05) is 11.4 Å². The van der Waals surface area contributed by atoms with Gasteiger partial charge in [-0.25, -0.2) is 8.78 Å². The van der Waals surface area contributed by atoms with Crippen LogP contribution in [-0.2, 0) is 22.7 Å². The Labute approximate surface area is 191 Å². The number of hydrogen-bond donors (Lipinski definition) is 1. The van der Waals surface area contributed by atoms with Crippen LogP contribution in [0.5, 0.6) is 0 Å². The molecule has 10 heteroatoms. The summed E-state index contributed by atoms with van der Waals surface area (Å²) < 4.78 is 30.7. The van der Waals surface area contributed by atoms with Crippen LogP contribution in [0.15, 0.2) is 35.8 Å². The molecular formula is C22H20ClF2N3O3S. The molecule has 0 radical (unpaired) electrons. The topological polar surface area (TPSA) is 71.4 Å². The molecule has 4 rings (SSSR count). The monoisotopic (exact) mass is 479 g/mol. The van der Waals surface area contributed by atoms with E-state index < -0.39 is 29.8 Å². The molecule has 0 unspecified atom stereocenters. The van der Waals surface area contributed by atoms with E-state index in [-0.39, 0.29) is 42.4 Å². The number of rotatable bonds is 6. The SMILES string of the molecule is CC(=O)c1cn(CC(=O)N2C[C@H](F)C[C@H]2C(=O)NCc2cccc(Cl)c2F)c2ccsc12. The fourth-order valence-electron chi connectivity index (χ4n) is 3.93. The number of likely N-dealkylation sites (tertiary alicyclic amines) is 1. The maximum Gasteiger partial charge on any atom is 0.243 e. The van der Waals surface area contributed by atoms with E-state index in [0.717, 1.165) is 10.2 Å². The molecule has 168 valence electrons. The fraction of sp³-hybridized carbons (Fsp3) is 0.318. The first kappa shape index (κ1) is 22.4. The molecule has 1 fully saturated rings. The highest BCUT2D eigenvalue weighted by molar-refractivity contribution is 7.17. The van der Waals surface area contributed by atoms with E-state index in [0.29, 0.717) is 5.56 Å². The summed E-state index contributed by atoms with van der Waals surface area (Å²) in [5.41, 5.74) is 1.45. The second-order valence-electron chi connectivity index (χ2n) is 7.69. The number of hydrogen-bond acceptors (Lipinski definition) is 4. The number of nitrogens with one attached hydrogen (secondary N) is 1. The fourth-order valence-corrected chi connectivity index (χ4v) is 5.08. The number of thiophene rings is 1. The van der Waals surface area contributed by atoms with Crippen molar-refractivity contribution in [1.82, 2.24) is 14.8 Å². The number of benzene rings is 1. The van der Waals surface area contributed by atoms with E-state index in [9.17, 15) is 23.2 Å². The van der Waals surface area contributed by atoms with Crippen molar-refractivity contribution >= 4 is 50.8 Å². The summed E-state index contributed by atoms with van der Waals surface area (Å²) in [5.74, 6) is -1.74. The summed E-state index contributed by atoms with van der Waals surface area (Å²) in [6.45, 7) is 1.00. The second kappa shape index (κ2) is 8.99. The molecule has 6 nitrogen and oxygen atoms in total. The van der Waals surface area contributed by atoms with Gasteiger partial charge in [0.2, 0.25) is 11.8 Å². The number of amides is 2. The maximum atomic E-state index is 14.2. The van der Waals surface area contributed by atoms with Crippen LogP contribution < -0.4 is 5.32 Å². The van der Waals surface area contributed by atoms with Gasteiger partial charge in [-0.05, 0) is 24.4 Å². The minimum atomic E-state index is -1.34. The summed E-state index contributed by atoms with van der Waals surface area (Å²) in [6.07, 6.45) is 0.145. The lowest BCUT2D eigenvalue weighted by Gasteiger charge is -2.24. The van der Waals surface area contributed by atoms with Crippen LogP contribution in [0.2, 0.25) is 5.02 Å².